The number of ether oxygens (including phenoxy) is 1. The predicted molar refractivity (Wildman–Crippen MR) is 132 cm³/mol. The summed E-state index contributed by atoms with van der Waals surface area (Å²) in [4.78, 5) is 20.5. The van der Waals surface area contributed by atoms with Crippen LogP contribution in [0, 0.1) is 13.8 Å². The van der Waals surface area contributed by atoms with Crippen molar-refractivity contribution in [3.8, 4) is 5.75 Å². The highest BCUT2D eigenvalue weighted by atomic mass is 16.5. The fraction of sp³-hybridized carbons (Fsp3) is 0.519. The number of carbonyl (C=O) groups is 1. The zero-order chi connectivity index (χ0) is 23.5. The highest BCUT2D eigenvalue weighted by Crippen LogP contribution is 2.32. The van der Waals surface area contributed by atoms with Crippen molar-refractivity contribution >= 4 is 16.9 Å². The first-order valence-electron chi connectivity index (χ1n) is 12.2. The quantitative estimate of drug-likeness (QED) is 0.484. The molecular weight excluding hydrogens is 412 g/mol. The van der Waals surface area contributed by atoms with E-state index < -0.39 is 0 Å². The molecule has 0 bridgehead atoms. The summed E-state index contributed by atoms with van der Waals surface area (Å²) < 4.78 is 7.29. The number of hydrogen-bond donors (Lipinski definition) is 0. The Hall–Kier alpha value is -2.89. The Morgan fingerprint density at radius 3 is 2.61 bits per heavy atom. The molecule has 0 radical (unpaired) electrons. The second-order valence-electron chi connectivity index (χ2n) is 9.45. The van der Waals surface area contributed by atoms with Gasteiger partial charge in [-0.2, -0.15) is 5.10 Å². The van der Waals surface area contributed by atoms with Gasteiger partial charge in [0.05, 0.1) is 19.3 Å². The van der Waals surface area contributed by atoms with Crippen LogP contribution in [0.2, 0.25) is 0 Å². The predicted octanol–water partition coefficient (Wildman–Crippen LogP) is 5.71. The van der Waals surface area contributed by atoms with Gasteiger partial charge >= 0.3 is 0 Å². The van der Waals surface area contributed by atoms with Gasteiger partial charge < -0.3 is 9.64 Å². The molecule has 33 heavy (non-hydrogen) atoms. The van der Waals surface area contributed by atoms with E-state index in [-0.39, 0.29) is 18.0 Å². The van der Waals surface area contributed by atoms with E-state index in [0.717, 1.165) is 48.3 Å². The minimum Gasteiger partial charge on any atom is -0.497 e. The number of pyridine rings is 1. The fourth-order valence-corrected chi connectivity index (χ4v) is 5.09. The number of carbonyl (C=O) groups excluding carboxylic acids is 1. The Kier molecular flexibility index (Phi) is 7.01. The molecule has 1 aliphatic rings. The summed E-state index contributed by atoms with van der Waals surface area (Å²) in [7, 11) is 1.68. The fourth-order valence-electron chi connectivity index (χ4n) is 5.09. The van der Waals surface area contributed by atoms with E-state index in [1.165, 1.54) is 23.1 Å². The first-order valence-corrected chi connectivity index (χ1v) is 12.2. The summed E-state index contributed by atoms with van der Waals surface area (Å²) in [6.07, 6.45) is 7.53. The number of methoxy groups -OCH3 is 1. The Balaban J connectivity index is 1.54. The molecule has 0 aliphatic carbocycles. The molecule has 0 spiro atoms. The molecule has 0 saturated carbocycles. The van der Waals surface area contributed by atoms with Crippen LogP contribution in [0.15, 0.2) is 30.5 Å². The van der Waals surface area contributed by atoms with Gasteiger partial charge in [-0.05, 0) is 75.8 Å². The largest absolute Gasteiger partial charge is 0.497 e. The minimum absolute atomic E-state index is 0.137. The smallest absolute Gasteiger partial charge is 0.223 e. The maximum Gasteiger partial charge on any atom is 0.223 e. The molecule has 2 aromatic heterocycles. The van der Waals surface area contributed by atoms with Gasteiger partial charge in [0.15, 0.2) is 5.65 Å². The summed E-state index contributed by atoms with van der Waals surface area (Å²) in [5.74, 6) is 1.08. The molecule has 3 heterocycles. The Morgan fingerprint density at radius 1 is 1.15 bits per heavy atom. The second-order valence-corrected chi connectivity index (χ2v) is 9.45. The molecule has 1 aliphatic heterocycles. The number of nitrogens with zero attached hydrogens (tertiary/aromatic N) is 4. The third kappa shape index (κ3) is 4.75. The van der Waals surface area contributed by atoms with Crippen molar-refractivity contribution in [2.24, 2.45) is 0 Å². The molecule has 1 saturated heterocycles. The normalized spacial score (nSPS) is 16.9. The van der Waals surface area contributed by atoms with Crippen LogP contribution < -0.4 is 4.74 Å². The number of aromatic nitrogens is 3. The van der Waals surface area contributed by atoms with Gasteiger partial charge in [0.2, 0.25) is 5.91 Å². The lowest BCUT2D eigenvalue weighted by Gasteiger charge is -2.31. The zero-order valence-electron chi connectivity index (χ0n) is 20.6. The van der Waals surface area contributed by atoms with Crippen LogP contribution in [-0.2, 0) is 11.2 Å². The lowest BCUT2D eigenvalue weighted by atomic mass is 9.98. The van der Waals surface area contributed by atoms with Crippen molar-refractivity contribution in [2.75, 3.05) is 13.7 Å². The maximum atomic E-state index is 13.5. The summed E-state index contributed by atoms with van der Waals surface area (Å²) in [5, 5.41) is 5.63. The Bertz CT molecular complexity index is 1120. The topological polar surface area (TPSA) is 60.2 Å². The van der Waals surface area contributed by atoms with Gasteiger partial charge in [0.25, 0.3) is 0 Å². The number of likely N-dealkylation sites (tertiary alicyclic amines) is 1. The maximum absolute atomic E-state index is 13.5. The summed E-state index contributed by atoms with van der Waals surface area (Å²) in [6, 6.07) is 8.60. The molecule has 176 valence electrons. The van der Waals surface area contributed by atoms with E-state index in [1.807, 2.05) is 23.0 Å². The highest BCUT2D eigenvalue weighted by molar-refractivity contribution is 5.81. The Morgan fingerprint density at radius 2 is 1.91 bits per heavy atom. The number of benzene rings is 1. The molecule has 0 unspecified atom stereocenters. The van der Waals surface area contributed by atoms with Crippen molar-refractivity contribution in [1.29, 1.82) is 0 Å². The first-order chi connectivity index (χ1) is 15.9. The van der Waals surface area contributed by atoms with Gasteiger partial charge in [-0.15, -0.1) is 0 Å². The van der Waals surface area contributed by atoms with Crippen molar-refractivity contribution in [3.05, 3.63) is 52.8 Å². The van der Waals surface area contributed by atoms with Crippen molar-refractivity contribution in [1.82, 2.24) is 19.7 Å². The van der Waals surface area contributed by atoms with E-state index in [9.17, 15) is 4.79 Å². The van der Waals surface area contributed by atoms with Crippen molar-refractivity contribution < 1.29 is 9.53 Å². The van der Waals surface area contributed by atoms with E-state index in [2.05, 4.69) is 49.8 Å². The highest BCUT2D eigenvalue weighted by Gasteiger charge is 2.27. The summed E-state index contributed by atoms with van der Waals surface area (Å²) >= 11 is 0. The number of aryl methyl sites for hydroxylation is 2. The first kappa shape index (κ1) is 23.3. The molecule has 3 aromatic rings. The van der Waals surface area contributed by atoms with Gasteiger partial charge in [-0.25, -0.2) is 9.67 Å². The lowest BCUT2D eigenvalue weighted by Crippen LogP contribution is -2.35. The van der Waals surface area contributed by atoms with Crippen LogP contribution in [0.25, 0.3) is 11.0 Å². The number of fused-ring (bicyclic) bond motifs is 1. The summed E-state index contributed by atoms with van der Waals surface area (Å²) in [5.41, 5.74) is 5.50. The SMILES string of the molecule is COc1ccc([C@@H]2CCCCCN2C(=O)CCc2c(C)nc3c(cnn3C(C)C)c2C)cc1. The van der Waals surface area contributed by atoms with Gasteiger partial charge in [-0.3, -0.25) is 4.79 Å². The number of rotatable bonds is 6. The van der Waals surface area contributed by atoms with Crippen LogP contribution in [0.4, 0.5) is 0 Å². The molecule has 6 heteroatoms. The van der Waals surface area contributed by atoms with Crippen LogP contribution in [0.3, 0.4) is 0 Å². The Labute approximate surface area is 197 Å². The molecule has 1 amide bonds. The second kappa shape index (κ2) is 9.94. The molecule has 6 nitrogen and oxygen atoms in total. The molecule has 1 fully saturated rings. The summed E-state index contributed by atoms with van der Waals surface area (Å²) in [6.45, 7) is 9.24. The van der Waals surface area contributed by atoms with Gasteiger partial charge in [-0.1, -0.05) is 25.0 Å². The number of amides is 1. The van der Waals surface area contributed by atoms with Crippen LogP contribution in [0.1, 0.15) is 80.4 Å². The lowest BCUT2D eigenvalue weighted by molar-refractivity contribution is -0.133. The monoisotopic (exact) mass is 448 g/mol. The van der Waals surface area contributed by atoms with E-state index >= 15 is 0 Å². The molecule has 1 atom stereocenters. The molecular formula is C27H36N4O2. The zero-order valence-corrected chi connectivity index (χ0v) is 20.6. The average molecular weight is 449 g/mol. The molecule has 0 N–H and O–H groups in total. The molecule has 4 rings (SSSR count). The van der Waals surface area contributed by atoms with Crippen molar-refractivity contribution in [3.63, 3.8) is 0 Å². The van der Waals surface area contributed by atoms with Crippen LogP contribution in [-0.4, -0.2) is 39.2 Å². The third-order valence-corrected chi connectivity index (χ3v) is 6.99. The van der Waals surface area contributed by atoms with Gasteiger partial charge in [0, 0.05) is 30.1 Å². The standard InChI is InChI=1S/C27H36N4O2/c1-18(2)31-27-24(17-28-31)19(3)23(20(4)29-27)14-15-26(32)30-16-8-6-7-9-25(30)21-10-12-22(33-5)13-11-21/h10-13,17-18,25H,6-9,14-16H2,1-5H3/t25-/m0/s1. The third-order valence-electron chi connectivity index (χ3n) is 6.99. The van der Waals surface area contributed by atoms with Crippen molar-refractivity contribution in [2.45, 2.75) is 78.3 Å². The minimum atomic E-state index is 0.137. The number of hydrogen-bond acceptors (Lipinski definition) is 4. The van der Waals surface area contributed by atoms with E-state index in [1.54, 1.807) is 7.11 Å². The van der Waals surface area contributed by atoms with Gasteiger partial charge in [0.1, 0.15) is 5.75 Å². The van der Waals surface area contributed by atoms with Crippen LogP contribution in [0.5, 0.6) is 5.75 Å². The van der Waals surface area contributed by atoms with Crippen LogP contribution >= 0.6 is 0 Å². The van der Waals surface area contributed by atoms with E-state index in [4.69, 9.17) is 9.72 Å². The van der Waals surface area contributed by atoms with E-state index in [0.29, 0.717) is 12.8 Å². The average Bonchev–Trinajstić information content (AvgIpc) is 3.08. The molecule has 1 aromatic carbocycles.